The third-order valence-electron chi connectivity index (χ3n) is 2.82. The van der Waals surface area contributed by atoms with E-state index in [1.807, 2.05) is 0 Å². The summed E-state index contributed by atoms with van der Waals surface area (Å²) in [6.45, 7) is 0.0704. The second-order valence-electron chi connectivity index (χ2n) is 4.16. The number of nitrogens with zero attached hydrogens (tertiary/aromatic N) is 2. The van der Waals surface area contributed by atoms with Crippen LogP contribution in [0.25, 0.3) is 0 Å². The Balaban J connectivity index is 2.31. The molecule has 0 atom stereocenters. The Morgan fingerprint density at radius 3 is 2.81 bits per heavy atom. The monoisotopic (exact) mass is 349 g/mol. The van der Waals surface area contributed by atoms with E-state index in [9.17, 15) is 14.5 Å². The lowest BCUT2D eigenvalue weighted by molar-refractivity contribution is -0.384. The number of para-hydroxylation sites is 1. The summed E-state index contributed by atoms with van der Waals surface area (Å²) in [5, 5.41) is 22.8. The van der Waals surface area contributed by atoms with Crippen molar-refractivity contribution in [1.82, 2.24) is 0 Å². The molecule has 0 unspecified atom stereocenters. The number of nitro benzene ring substituents is 1. The molecule has 7 heteroatoms. The molecule has 0 saturated carbocycles. The van der Waals surface area contributed by atoms with Crippen molar-refractivity contribution in [2.45, 2.75) is 6.54 Å². The topological polar surface area (TPSA) is 79.0 Å². The molecule has 0 aromatic heterocycles. The highest BCUT2D eigenvalue weighted by molar-refractivity contribution is 9.10. The molecule has 5 nitrogen and oxygen atoms in total. The highest BCUT2D eigenvalue weighted by Crippen LogP contribution is 2.28. The first-order valence-corrected chi connectivity index (χ1v) is 6.67. The Labute approximate surface area is 128 Å². The standard InChI is InChI=1S/C14H9BrFN3O2/c15-11-4-5-12(16)10(6-11)8-18-13-3-1-2-9(7-17)14(13)19(20)21/h1-6,18H,8H2. The van der Waals surface area contributed by atoms with Crippen LogP contribution in [0.4, 0.5) is 15.8 Å². The van der Waals surface area contributed by atoms with E-state index in [4.69, 9.17) is 5.26 Å². The lowest BCUT2D eigenvalue weighted by Crippen LogP contribution is -2.05. The van der Waals surface area contributed by atoms with Crippen LogP contribution in [0.5, 0.6) is 0 Å². The van der Waals surface area contributed by atoms with E-state index in [1.165, 1.54) is 24.3 Å². The minimum Gasteiger partial charge on any atom is -0.375 e. The van der Waals surface area contributed by atoms with Crippen molar-refractivity contribution in [1.29, 1.82) is 5.26 Å². The summed E-state index contributed by atoms with van der Waals surface area (Å²) < 4.78 is 14.3. The second-order valence-corrected chi connectivity index (χ2v) is 5.08. The van der Waals surface area contributed by atoms with Crippen molar-refractivity contribution in [2.75, 3.05) is 5.32 Å². The zero-order chi connectivity index (χ0) is 15.4. The van der Waals surface area contributed by atoms with Crippen LogP contribution in [0.3, 0.4) is 0 Å². The average Bonchev–Trinajstić information content (AvgIpc) is 2.47. The van der Waals surface area contributed by atoms with Crippen LogP contribution < -0.4 is 5.32 Å². The Bertz CT molecular complexity index is 743. The number of anilines is 1. The fraction of sp³-hybridized carbons (Fsp3) is 0.0714. The molecule has 1 N–H and O–H groups in total. The number of nitrogens with one attached hydrogen (secondary N) is 1. The number of nitriles is 1. The summed E-state index contributed by atoms with van der Waals surface area (Å²) in [5.41, 5.74) is 0.189. The third kappa shape index (κ3) is 3.35. The predicted molar refractivity (Wildman–Crippen MR) is 79.2 cm³/mol. The maximum Gasteiger partial charge on any atom is 0.309 e. The van der Waals surface area contributed by atoms with Crippen LogP contribution >= 0.6 is 15.9 Å². The molecule has 2 rings (SSSR count). The summed E-state index contributed by atoms with van der Waals surface area (Å²) in [6, 6.07) is 10.6. The SMILES string of the molecule is N#Cc1cccc(NCc2cc(Br)ccc2F)c1[N+](=O)[O-]. The number of hydrogen-bond donors (Lipinski definition) is 1. The number of hydrogen-bond acceptors (Lipinski definition) is 4. The van der Waals surface area contributed by atoms with Crippen LogP contribution in [0.1, 0.15) is 11.1 Å². The van der Waals surface area contributed by atoms with Gasteiger partial charge in [-0.2, -0.15) is 5.26 Å². The van der Waals surface area contributed by atoms with Crippen LogP contribution in [0.15, 0.2) is 40.9 Å². The summed E-state index contributed by atoms with van der Waals surface area (Å²) in [7, 11) is 0. The molecule has 0 fully saturated rings. The number of rotatable bonds is 4. The van der Waals surface area contributed by atoms with Gasteiger partial charge in [-0.25, -0.2) is 4.39 Å². The van der Waals surface area contributed by atoms with Crippen molar-refractivity contribution >= 4 is 27.3 Å². The molecule has 0 bridgehead atoms. The minimum atomic E-state index is -0.627. The average molecular weight is 350 g/mol. The van der Waals surface area contributed by atoms with E-state index in [-0.39, 0.29) is 23.5 Å². The van der Waals surface area contributed by atoms with Crippen molar-refractivity contribution in [2.24, 2.45) is 0 Å². The largest absolute Gasteiger partial charge is 0.375 e. The molecular weight excluding hydrogens is 341 g/mol. The second kappa shape index (κ2) is 6.33. The summed E-state index contributed by atoms with van der Waals surface area (Å²) in [6.07, 6.45) is 0. The Morgan fingerprint density at radius 2 is 2.14 bits per heavy atom. The van der Waals surface area contributed by atoms with E-state index in [1.54, 1.807) is 18.2 Å². The van der Waals surface area contributed by atoms with E-state index in [0.29, 0.717) is 10.0 Å². The van der Waals surface area contributed by atoms with Crippen molar-refractivity contribution in [3.05, 3.63) is 67.9 Å². The van der Waals surface area contributed by atoms with Gasteiger partial charge >= 0.3 is 5.69 Å². The summed E-state index contributed by atoms with van der Waals surface area (Å²) in [5.74, 6) is -0.412. The third-order valence-corrected chi connectivity index (χ3v) is 3.31. The fourth-order valence-electron chi connectivity index (χ4n) is 1.84. The first-order chi connectivity index (χ1) is 10.0. The zero-order valence-electron chi connectivity index (χ0n) is 10.6. The number of nitro groups is 1. The van der Waals surface area contributed by atoms with E-state index < -0.39 is 10.7 Å². The number of benzene rings is 2. The molecule has 0 amide bonds. The highest BCUT2D eigenvalue weighted by atomic mass is 79.9. The molecule has 0 aliphatic carbocycles. The van der Waals surface area contributed by atoms with Gasteiger partial charge in [-0.05, 0) is 30.3 Å². The molecule has 0 spiro atoms. The van der Waals surface area contributed by atoms with Gasteiger partial charge in [-0.1, -0.05) is 22.0 Å². The van der Waals surface area contributed by atoms with Gasteiger partial charge in [0.25, 0.3) is 0 Å². The lowest BCUT2D eigenvalue weighted by Gasteiger charge is -2.09. The molecule has 0 saturated heterocycles. The van der Waals surface area contributed by atoms with Gasteiger partial charge in [0.05, 0.1) is 4.92 Å². The Kier molecular flexibility index (Phi) is 4.50. The summed E-state index contributed by atoms with van der Waals surface area (Å²) >= 11 is 3.24. The van der Waals surface area contributed by atoms with Crippen LogP contribution in [-0.4, -0.2) is 4.92 Å². The van der Waals surface area contributed by atoms with E-state index in [0.717, 1.165) is 0 Å². The molecule has 0 heterocycles. The minimum absolute atomic E-state index is 0.0419. The van der Waals surface area contributed by atoms with E-state index >= 15 is 0 Å². The molecule has 0 aliphatic rings. The predicted octanol–water partition coefficient (Wildman–Crippen LogP) is 3.98. The van der Waals surface area contributed by atoms with Gasteiger partial charge in [0.15, 0.2) is 0 Å². The van der Waals surface area contributed by atoms with Crippen molar-refractivity contribution in [3.63, 3.8) is 0 Å². The Morgan fingerprint density at radius 1 is 1.38 bits per heavy atom. The summed E-state index contributed by atoms with van der Waals surface area (Å²) in [4.78, 5) is 10.4. The normalized spacial score (nSPS) is 9.95. The maximum absolute atomic E-state index is 13.6. The first-order valence-electron chi connectivity index (χ1n) is 5.88. The van der Waals surface area contributed by atoms with Gasteiger partial charge in [-0.3, -0.25) is 10.1 Å². The van der Waals surface area contributed by atoms with Gasteiger partial charge in [0, 0.05) is 16.6 Å². The van der Waals surface area contributed by atoms with Crippen molar-refractivity contribution < 1.29 is 9.31 Å². The molecule has 2 aromatic carbocycles. The smallest absolute Gasteiger partial charge is 0.309 e. The molecule has 2 aromatic rings. The molecular formula is C14H9BrFN3O2. The lowest BCUT2D eigenvalue weighted by atomic mass is 10.1. The van der Waals surface area contributed by atoms with Gasteiger partial charge in [-0.15, -0.1) is 0 Å². The van der Waals surface area contributed by atoms with Crippen LogP contribution in [0, 0.1) is 27.3 Å². The zero-order valence-corrected chi connectivity index (χ0v) is 12.2. The van der Waals surface area contributed by atoms with Gasteiger partial charge in [0.1, 0.15) is 23.1 Å². The van der Waals surface area contributed by atoms with Crippen LogP contribution in [-0.2, 0) is 6.54 Å². The van der Waals surface area contributed by atoms with Crippen molar-refractivity contribution in [3.8, 4) is 6.07 Å². The molecule has 0 aliphatic heterocycles. The molecule has 0 radical (unpaired) electrons. The first kappa shape index (κ1) is 14.9. The van der Waals surface area contributed by atoms with Gasteiger partial charge in [0.2, 0.25) is 0 Å². The maximum atomic E-state index is 13.6. The van der Waals surface area contributed by atoms with Crippen LogP contribution in [0.2, 0.25) is 0 Å². The highest BCUT2D eigenvalue weighted by Gasteiger charge is 2.19. The Hall–Kier alpha value is -2.46. The van der Waals surface area contributed by atoms with Gasteiger partial charge < -0.3 is 5.32 Å². The number of halogens is 2. The molecule has 21 heavy (non-hydrogen) atoms. The fourth-order valence-corrected chi connectivity index (χ4v) is 2.25. The quantitative estimate of drug-likeness (QED) is 0.668. The molecule has 106 valence electrons. The van der Waals surface area contributed by atoms with E-state index in [2.05, 4.69) is 21.2 Å².